The highest BCUT2D eigenvalue weighted by Crippen LogP contribution is 2.34. The number of nitrogens with zero attached hydrogens (tertiary/aromatic N) is 3. The summed E-state index contributed by atoms with van der Waals surface area (Å²) in [7, 11) is 0. The molecule has 21 heavy (non-hydrogen) atoms. The lowest BCUT2D eigenvalue weighted by Crippen LogP contribution is -2.01. The minimum atomic E-state index is -1.03. The van der Waals surface area contributed by atoms with Crippen molar-refractivity contribution < 1.29 is 19.0 Å². The molecule has 0 saturated carbocycles. The van der Waals surface area contributed by atoms with Crippen LogP contribution < -0.4 is 4.74 Å². The summed E-state index contributed by atoms with van der Waals surface area (Å²) >= 11 is 1.27. The first-order valence-corrected chi connectivity index (χ1v) is 6.87. The standard InChI is InChI=1S/C13H10FN3O3S/c14-3-5-20-11-8(2-1-4-15-11)10-7-17-12(21-10)9(6-16-17)13(18)19/h1-2,4,6-7H,3,5H2,(H,18,19). The first-order valence-electron chi connectivity index (χ1n) is 6.05. The fraction of sp³-hybridized carbons (Fsp3) is 0.154. The maximum absolute atomic E-state index is 12.2. The fourth-order valence-corrected chi connectivity index (χ4v) is 2.96. The molecule has 0 fully saturated rings. The third-order valence-electron chi connectivity index (χ3n) is 2.78. The number of aromatic carboxylic acids is 1. The second kappa shape index (κ2) is 5.49. The third kappa shape index (κ3) is 2.45. The molecule has 0 amide bonds. The molecule has 0 saturated heterocycles. The largest absolute Gasteiger partial charge is 0.478 e. The summed E-state index contributed by atoms with van der Waals surface area (Å²) in [6.07, 6.45) is 4.56. The van der Waals surface area contributed by atoms with Gasteiger partial charge in [-0.15, -0.1) is 11.3 Å². The van der Waals surface area contributed by atoms with Gasteiger partial charge >= 0.3 is 5.97 Å². The van der Waals surface area contributed by atoms with Crippen molar-refractivity contribution in [2.75, 3.05) is 13.3 Å². The number of hydrogen-bond donors (Lipinski definition) is 1. The van der Waals surface area contributed by atoms with Gasteiger partial charge in [0.1, 0.15) is 23.7 Å². The second-order valence-electron chi connectivity index (χ2n) is 4.10. The number of alkyl halides is 1. The van der Waals surface area contributed by atoms with Crippen LogP contribution in [0.15, 0.2) is 30.7 Å². The Labute approximate surface area is 122 Å². The van der Waals surface area contributed by atoms with Gasteiger partial charge in [-0.2, -0.15) is 5.10 Å². The van der Waals surface area contributed by atoms with E-state index in [2.05, 4.69) is 10.1 Å². The Kier molecular flexibility index (Phi) is 3.53. The number of fused-ring (bicyclic) bond motifs is 1. The summed E-state index contributed by atoms with van der Waals surface area (Å²) in [6.45, 7) is -0.681. The van der Waals surface area contributed by atoms with E-state index in [-0.39, 0.29) is 12.2 Å². The van der Waals surface area contributed by atoms with E-state index in [1.807, 2.05) is 0 Å². The zero-order valence-electron chi connectivity index (χ0n) is 10.7. The van der Waals surface area contributed by atoms with Gasteiger partial charge in [0.25, 0.3) is 0 Å². The summed E-state index contributed by atoms with van der Waals surface area (Å²) in [6, 6.07) is 3.52. The normalized spacial score (nSPS) is 10.9. The van der Waals surface area contributed by atoms with Gasteiger partial charge in [0.2, 0.25) is 5.88 Å². The van der Waals surface area contributed by atoms with Crippen molar-refractivity contribution in [3.63, 3.8) is 0 Å². The van der Waals surface area contributed by atoms with E-state index in [1.165, 1.54) is 22.0 Å². The third-order valence-corrected chi connectivity index (χ3v) is 3.92. The molecule has 3 rings (SSSR count). The van der Waals surface area contributed by atoms with Crippen LogP contribution in [-0.2, 0) is 0 Å². The zero-order chi connectivity index (χ0) is 14.8. The maximum atomic E-state index is 12.2. The van der Waals surface area contributed by atoms with Crippen LogP contribution in [0.3, 0.4) is 0 Å². The molecular formula is C13H10FN3O3S. The Hall–Kier alpha value is -2.48. The molecule has 3 aromatic rings. The molecule has 1 N–H and O–H groups in total. The van der Waals surface area contributed by atoms with Crippen molar-refractivity contribution in [1.29, 1.82) is 0 Å². The number of thiazole rings is 1. The van der Waals surface area contributed by atoms with E-state index in [0.717, 1.165) is 4.88 Å². The van der Waals surface area contributed by atoms with E-state index in [1.54, 1.807) is 24.5 Å². The van der Waals surface area contributed by atoms with Crippen LogP contribution in [0.2, 0.25) is 0 Å². The molecule has 8 heteroatoms. The van der Waals surface area contributed by atoms with Gasteiger partial charge in [-0.1, -0.05) is 0 Å². The van der Waals surface area contributed by atoms with E-state index in [4.69, 9.17) is 9.84 Å². The molecule has 108 valence electrons. The number of aromatic nitrogens is 3. The smallest absolute Gasteiger partial charge is 0.340 e. The molecule has 0 bridgehead atoms. The molecule has 0 aliphatic heterocycles. The monoisotopic (exact) mass is 307 g/mol. The molecular weight excluding hydrogens is 297 g/mol. The van der Waals surface area contributed by atoms with Crippen molar-refractivity contribution in [3.8, 4) is 16.3 Å². The van der Waals surface area contributed by atoms with Crippen LogP contribution in [0.1, 0.15) is 10.4 Å². The zero-order valence-corrected chi connectivity index (χ0v) is 11.5. The van der Waals surface area contributed by atoms with Crippen molar-refractivity contribution in [1.82, 2.24) is 14.6 Å². The molecule has 0 aliphatic carbocycles. The van der Waals surface area contributed by atoms with E-state index < -0.39 is 12.6 Å². The number of carboxylic acid groups (broad SMARTS) is 1. The molecule has 0 atom stereocenters. The lowest BCUT2D eigenvalue weighted by molar-refractivity contribution is 0.0699. The number of carboxylic acids is 1. The molecule has 6 nitrogen and oxygen atoms in total. The van der Waals surface area contributed by atoms with Gasteiger partial charge in [-0.3, -0.25) is 0 Å². The van der Waals surface area contributed by atoms with E-state index >= 15 is 0 Å². The lowest BCUT2D eigenvalue weighted by atomic mass is 10.2. The van der Waals surface area contributed by atoms with Gasteiger partial charge in [0, 0.05) is 12.4 Å². The number of pyridine rings is 1. The lowest BCUT2D eigenvalue weighted by Gasteiger charge is -2.06. The highest BCUT2D eigenvalue weighted by molar-refractivity contribution is 7.21. The second-order valence-corrected chi connectivity index (χ2v) is 5.13. The van der Waals surface area contributed by atoms with Gasteiger partial charge in [-0.05, 0) is 12.1 Å². The fourth-order valence-electron chi connectivity index (χ4n) is 1.89. The first kappa shape index (κ1) is 13.5. The molecule has 0 spiro atoms. The molecule has 0 unspecified atom stereocenters. The van der Waals surface area contributed by atoms with Gasteiger partial charge in [0.15, 0.2) is 0 Å². The van der Waals surface area contributed by atoms with Gasteiger partial charge in [0.05, 0.1) is 16.6 Å². The number of ether oxygens (including phenoxy) is 1. The summed E-state index contributed by atoms with van der Waals surface area (Å²) in [5.74, 6) is -0.713. The van der Waals surface area contributed by atoms with Crippen LogP contribution in [-0.4, -0.2) is 39.0 Å². The minimum absolute atomic E-state index is 0.0765. The Morgan fingerprint density at radius 1 is 1.52 bits per heavy atom. The SMILES string of the molecule is O=C(O)c1cnn2cc(-c3cccnc3OCCF)sc12. The summed E-state index contributed by atoms with van der Waals surface area (Å²) in [5, 5.41) is 13.1. The molecule has 0 aromatic carbocycles. The molecule has 0 radical (unpaired) electrons. The predicted octanol–water partition coefficient (Wildman–Crippen LogP) is 2.50. The Morgan fingerprint density at radius 2 is 2.38 bits per heavy atom. The maximum Gasteiger partial charge on any atom is 0.340 e. The average molecular weight is 307 g/mol. The number of rotatable bonds is 5. The average Bonchev–Trinajstić information content (AvgIpc) is 3.05. The Bertz CT molecular complexity index is 799. The van der Waals surface area contributed by atoms with Crippen LogP contribution in [0.25, 0.3) is 15.3 Å². The van der Waals surface area contributed by atoms with Crippen molar-refractivity contribution >= 4 is 22.1 Å². The van der Waals surface area contributed by atoms with Crippen LogP contribution in [0.4, 0.5) is 4.39 Å². The minimum Gasteiger partial charge on any atom is -0.478 e. The van der Waals surface area contributed by atoms with Crippen molar-refractivity contribution in [2.24, 2.45) is 0 Å². The van der Waals surface area contributed by atoms with Crippen LogP contribution >= 0.6 is 11.3 Å². The number of hydrogen-bond acceptors (Lipinski definition) is 5. The summed E-state index contributed by atoms with van der Waals surface area (Å²) in [4.78, 5) is 16.5. The van der Waals surface area contributed by atoms with E-state index in [9.17, 15) is 9.18 Å². The topological polar surface area (TPSA) is 76.7 Å². The Balaban J connectivity index is 2.06. The first-order chi connectivity index (χ1) is 10.2. The summed E-state index contributed by atoms with van der Waals surface area (Å²) in [5.41, 5.74) is 0.819. The molecule has 3 aromatic heterocycles. The summed E-state index contributed by atoms with van der Waals surface area (Å²) < 4.78 is 19.0. The quantitative estimate of drug-likeness (QED) is 0.783. The van der Waals surface area contributed by atoms with Crippen LogP contribution in [0, 0.1) is 0 Å². The highest BCUT2D eigenvalue weighted by atomic mass is 32.1. The van der Waals surface area contributed by atoms with Gasteiger partial charge in [-0.25, -0.2) is 18.7 Å². The molecule has 0 aliphatic rings. The number of halogens is 1. The van der Waals surface area contributed by atoms with Gasteiger partial charge < -0.3 is 9.84 Å². The predicted molar refractivity (Wildman–Crippen MR) is 74.7 cm³/mol. The Morgan fingerprint density at radius 3 is 3.14 bits per heavy atom. The van der Waals surface area contributed by atoms with Crippen molar-refractivity contribution in [3.05, 3.63) is 36.3 Å². The number of carbonyl (C=O) groups is 1. The molecule has 3 heterocycles. The highest BCUT2D eigenvalue weighted by Gasteiger charge is 2.17. The van der Waals surface area contributed by atoms with Crippen molar-refractivity contribution in [2.45, 2.75) is 0 Å². The van der Waals surface area contributed by atoms with Crippen LogP contribution in [0.5, 0.6) is 5.88 Å². The van der Waals surface area contributed by atoms with E-state index in [0.29, 0.717) is 16.3 Å².